The summed E-state index contributed by atoms with van der Waals surface area (Å²) in [5.41, 5.74) is 2.42. The van der Waals surface area contributed by atoms with Crippen LogP contribution in [0.4, 0.5) is 0 Å². The minimum Gasteiger partial charge on any atom is -0.346 e. The van der Waals surface area contributed by atoms with Crippen molar-refractivity contribution < 1.29 is 28.4 Å². The molecule has 0 amide bonds. The van der Waals surface area contributed by atoms with E-state index < -0.39 is 43.3 Å². The second-order valence-corrected chi connectivity index (χ2v) is 10.2. The highest BCUT2D eigenvalue weighted by atomic mass is 35.5. The summed E-state index contributed by atoms with van der Waals surface area (Å²) in [7, 11) is 0. The monoisotopic (exact) mass is 548 g/mol. The SMILES string of the molecule is Clc1cccc(C2OC[C@H]3OC(c4cccc(Cl)c4)OC[C@@H]4OC(c5cccc(Cl)c5)O[C@H]4[C@@H]3O2)c1. The van der Waals surface area contributed by atoms with Gasteiger partial charge in [-0.2, -0.15) is 0 Å². The lowest BCUT2D eigenvalue weighted by Gasteiger charge is -2.42. The highest BCUT2D eigenvalue weighted by Crippen LogP contribution is 2.42. The Bertz CT molecular complexity index is 1180. The molecule has 3 aliphatic rings. The van der Waals surface area contributed by atoms with Crippen LogP contribution in [-0.4, -0.2) is 37.6 Å². The number of hydrogen-bond acceptors (Lipinski definition) is 6. The summed E-state index contributed by atoms with van der Waals surface area (Å²) in [5.74, 6) is 0. The average molecular weight is 550 g/mol. The summed E-state index contributed by atoms with van der Waals surface area (Å²) in [5, 5.41) is 1.80. The zero-order chi connectivity index (χ0) is 24.6. The van der Waals surface area contributed by atoms with Crippen LogP contribution in [-0.2, 0) is 28.4 Å². The number of ether oxygens (including phenoxy) is 6. The van der Waals surface area contributed by atoms with Gasteiger partial charge in [0.1, 0.15) is 24.4 Å². The van der Waals surface area contributed by atoms with Crippen LogP contribution in [0, 0.1) is 0 Å². The lowest BCUT2D eigenvalue weighted by molar-refractivity contribution is -0.324. The van der Waals surface area contributed by atoms with E-state index in [2.05, 4.69) is 0 Å². The van der Waals surface area contributed by atoms with Gasteiger partial charge in [-0.25, -0.2) is 0 Å². The molecule has 3 heterocycles. The number of benzene rings is 3. The Morgan fingerprint density at radius 2 is 0.889 bits per heavy atom. The summed E-state index contributed by atoms with van der Waals surface area (Å²) < 4.78 is 37.9. The predicted octanol–water partition coefficient (Wildman–Crippen LogP) is 6.66. The third-order valence-corrected chi connectivity index (χ3v) is 7.11. The van der Waals surface area contributed by atoms with Gasteiger partial charge in [0, 0.05) is 31.8 Å². The van der Waals surface area contributed by atoms with Crippen molar-refractivity contribution >= 4 is 34.8 Å². The molecule has 0 bridgehead atoms. The number of halogens is 3. The molecule has 0 saturated carbocycles. The maximum Gasteiger partial charge on any atom is 0.185 e. The van der Waals surface area contributed by atoms with Gasteiger partial charge in [-0.3, -0.25) is 0 Å². The van der Waals surface area contributed by atoms with Crippen LogP contribution in [0.25, 0.3) is 0 Å². The average Bonchev–Trinajstić information content (AvgIpc) is 3.29. The summed E-state index contributed by atoms with van der Waals surface area (Å²) in [4.78, 5) is 0. The second kappa shape index (κ2) is 10.6. The fourth-order valence-electron chi connectivity index (χ4n) is 4.72. The molecule has 3 aromatic carbocycles. The second-order valence-electron chi connectivity index (χ2n) is 8.88. The van der Waals surface area contributed by atoms with Gasteiger partial charge >= 0.3 is 0 Å². The highest BCUT2D eigenvalue weighted by molar-refractivity contribution is 6.31. The fraction of sp³-hybridized carbons (Fsp3) is 0.333. The number of fused-ring (bicyclic) bond motifs is 3. The van der Waals surface area contributed by atoms with E-state index in [-0.39, 0.29) is 13.2 Å². The summed E-state index contributed by atoms with van der Waals surface area (Å²) in [6, 6.07) is 22.2. The first-order valence-electron chi connectivity index (χ1n) is 11.6. The van der Waals surface area contributed by atoms with Gasteiger partial charge in [0.2, 0.25) is 0 Å². The molecule has 0 radical (unpaired) electrons. The first kappa shape index (κ1) is 24.6. The summed E-state index contributed by atoms with van der Waals surface area (Å²) >= 11 is 18.7. The van der Waals surface area contributed by atoms with Crippen molar-refractivity contribution in [1.82, 2.24) is 0 Å². The Morgan fingerprint density at radius 1 is 0.500 bits per heavy atom. The molecule has 3 aliphatic heterocycles. The Kier molecular flexibility index (Phi) is 7.23. The predicted molar refractivity (Wildman–Crippen MR) is 134 cm³/mol. The van der Waals surface area contributed by atoms with Crippen LogP contribution in [0.2, 0.25) is 15.1 Å². The summed E-state index contributed by atoms with van der Waals surface area (Å²) in [6.07, 6.45) is -3.80. The third-order valence-electron chi connectivity index (χ3n) is 6.40. The van der Waals surface area contributed by atoms with Crippen molar-refractivity contribution in [3.63, 3.8) is 0 Å². The van der Waals surface area contributed by atoms with Gasteiger partial charge in [-0.15, -0.1) is 0 Å². The minimum absolute atomic E-state index is 0.230. The van der Waals surface area contributed by atoms with Crippen molar-refractivity contribution in [2.45, 2.75) is 43.3 Å². The first-order chi connectivity index (χ1) is 17.5. The molecule has 188 valence electrons. The van der Waals surface area contributed by atoms with Crippen LogP contribution in [0.15, 0.2) is 72.8 Å². The molecular formula is C27H23Cl3O6. The Balaban J connectivity index is 1.31. The molecule has 3 saturated heterocycles. The van der Waals surface area contributed by atoms with Crippen LogP contribution >= 0.6 is 34.8 Å². The largest absolute Gasteiger partial charge is 0.346 e. The van der Waals surface area contributed by atoms with E-state index >= 15 is 0 Å². The van der Waals surface area contributed by atoms with E-state index in [4.69, 9.17) is 63.2 Å². The Hall–Kier alpha value is -1.71. The molecule has 0 aromatic heterocycles. The van der Waals surface area contributed by atoms with E-state index in [0.717, 1.165) is 16.7 Å². The van der Waals surface area contributed by atoms with Crippen LogP contribution in [0.5, 0.6) is 0 Å². The van der Waals surface area contributed by atoms with Gasteiger partial charge in [0.25, 0.3) is 0 Å². The molecule has 3 fully saturated rings. The minimum atomic E-state index is -0.680. The van der Waals surface area contributed by atoms with Crippen LogP contribution in [0.1, 0.15) is 35.6 Å². The molecule has 0 spiro atoms. The van der Waals surface area contributed by atoms with Gasteiger partial charge in [-0.1, -0.05) is 71.2 Å². The van der Waals surface area contributed by atoms with E-state index in [1.165, 1.54) is 0 Å². The molecule has 3 unspecified atom stereocenters. The van der Waals surface area contributed by atoms with Crippen molar-refractivity contribution in [3.05, 3.63) is 105 Å². The molecular weight excluding hydrogens is 527 g/mol. The maximum absolute atomic E-state index is 6.48. The summed E-state index contributed by atoms with van der Waals surface area (Å²) in [6.45, 7) is 0.491. The van der Waals surface area contributed by atoms with Gasteiger partial charge in [0.05, 0.1) is 13.2 Å². The van der Waals surface area contributed by atoms with Crippen LogP contribution in [0.3, 0.4) is 0 Å². The van der Waals surface area contributed by atoms with E-state index in [9.17, 15) is 0 Å². The first-order valence-corrected chi connectivity index (χ1v) is 12.8. The Labute approximate surface area is 223 Å². The quantitative estimate of drug-likeness (QED) is 0.364. The van der Waals surface area contributed by atoms with Gasteiger partial charge in [-0.05, 0) is 36.4 Å². The fourth-order valence-corrected chi connectivity index (χ4v) is 5.32. The molecule has 3 aromatic rings. The normalized spacial score (nSPS) is 32.2. The maximum atomic E-state index is 6.48. The Morgan fingerprint density at radius 3 is 1.36 bits per heavy atom. The third kappa shape index (κ3) is 5.16. The van der Waals surface area contributed by atoms with Crippen molar-refractivity contribution in [3.8, 4) is 0 Å². The van der Waals surface area contributed by atoms with E-state index in [1.807, 2.05) is 66.7 Å². The molecule has 6 nitrogen and oxygen atoms in total. The molecule has 6 rings (SSSR count). The van der Waals surface area contributed by atoms with Crippen LogP contribution < -0.4 is 0 Å². The molecule has 0 aliphatic carbocycles. The zero-order valence-electron chi connectivity index (χ0n) is 19.0. The number of hydrogen-bond donors (Lipinski definition) is 0. The van der Waals surface area contributed by atoms with E-state index in [1.54, 1.807) is 6.07 Å². The number of rotatable bonds is 3. The molecule has 9 heteroatoms. The van der Waals surface area contributed by atoms with Crippen molar-refractivity contribution in [1.29, 1.82) is 0 Å². The standard InChI is InChI=1S/C27H23Cl3O6/c28-18-7-1-4-15(10-18)25-31-14-22-24(36-27(34-22)17-6-3-9-20(30)12-17)23-21(33-25)13-32-26(35-23)16-5-2-8-19(29)11-16/h1-12,21-27H,13-14H2/t21-,22+,23-,24-,25?,26?,27?/m1/s1. The smallest absolute Gasteiger partial charge is 0.185 e. The molecule has 36 heavy (non-hydrogen) atoms. The lowest BCUT2D eigenvalue weighted by Crippen LogP contribution is -2.54. The van der Waals surface area contributed by atoms with Gasteiger partial charge in [0.15, 0.2) is 18.9 Å². The van der Waals surface area contributed by atoms with E-state index in [0.29, 0.717) is 15.1 Å². The lowest BCUT2D eigenvalue weighted by atomic mass is 10.0. The molecule has 0 N–H and O–H groups in total. The van der Waals surface area contributed by atoms with Gasteiger partial charge < -0.3 is 28.4 Å². The van der Waals surface area contributed by atoms with Crippen molar-refractivity contribution in [2.75, 3.05) is 13.2 Å². The topological polar surface area (TPSA) is 55.4 Å². The zero-order valence-corrected chi connectivity index (χ0v) is 21.2. The van der Waals surface area contributed by atoms with Crippen molar-refractivity contribution in [2.24, 2.45) is 0 Å². The molecule has 7 atom stereocenters. The highest BCUT2D eigenvalue weighted by Gasteiger charge is 2.50.